The molecule has 0 bridgehead atoms. The first kappa shape index (κ1) is 14.8. The predicted molar refractivity (Wildman–Crippen MR) is 76.5 cm³/mol. The van der Waals surface area contributed by atoms with Crippen LogP contribution in [0.25, 0.3) is 0 Å². The smallest absolute Gasteiger partial charge is 0.410 e. The Morgan fingerprint density at radius 3 is 2.75 bits per heavy atom. The van der Waals surface area contributed by atoms with Crippen molar-refractivity contribution in [3.05, 3.63) is 18.0 Å². The van der Waals surface area contributed by atoms with Crippen LogP contribution >= 0.6 is 0 Å². The van der Waals surface area contributed by atoms with E-state index in [1.807, 2.05) is 44.9 Å². The Balaban J connectivity index is 1.61. The zero-order chi connectivity index (χ0) is 14.8. The highest BCUT2D eigenvalue weighted by molar-refractivity contribution is 5.69. The Morgan fingerprint density at radius 2 is 2.20 bits per heavy atom. The zero-order valence-electron chi connectivity index (χ0n) is 12.7. The molecule has 0 radical (unpaired) electrons. The van der Waals surface area contributed by atoms with E-state index in [9.17, 15) is 4.79 Å². The molecule has 1 amide bonds. The normalized spacial score (nSPS) is 16.1. The van der Waals surface area contributed by atoms with Crippen molar-refractivity contribution in [2.24, 2.45) is 7.05 Å². The van der Waals surface area contributed by atoms with Gasteiger partial charge in [0.25, 0.3) is 0 Å². The van der Waals surface area contributed by atoms with Gasteiger partial charge in [0.05, 0.1) is 6.20 Å². The summed E-state index contributed by atoms with van der Waals surface area (Å²) < 4.78 is 7.12. The van der Waals surface area contributed by atoms with Crippen LogP contribution in [-0.4, -0.2) is 52.1 Å². The molecule has 1 saturated heterocycles. The number of aryl methyl sites for hydroxylation is 1. The lowest BCUT2D eigenvalue weighted by atomic mass is 10.1. The first-order valence-electron chi connectivity index (χ1n) is 7.02. The lowest BCUT2D eigenvalue weighted by Gasteiger charge is -2.40. The molecule has 2 rings (SSSR count). The standard InChI is InChI=1S/C14H24N4O2/c1-14(2,3)20-13(19)18-9-12(10-18)15-6-5-11-7-16-17(4)8-11/h7-8,12,15H,5-6,9-10H2,1-4H3. The van der Waals surface area contributed by atoms with Crippen molar-refractivity contribution in [1.29, 1.82) is 0 Å². The summed E-state index contributed by atoms with van der Waals surface area (Å²) in [7, 11) is 1.92. The van der Waals surface area contributed by atoms with E-state index in [-0.39, 0.29) is 6.09 Å². The fraction of sp³-hybridized carbons (Fsp3) is 0.714. The van der Waals surface area contributed by atoms with E-state index in [1.165, 1.54) is 5.56 Å². The van der Waals surface area contributed by atoms with Crippen LogP contribution in [0.4, 0.5) is 4.79 Å². The number of nitrogens with zero attached hydrogens (tertiary/aromatic N) is 3. The molecule has 112 valence electrons. The maximum absolute atomic E-state index is 11.7. The molecule has 1 aromatic rings. The van der Waals surface area contributed by atoms with Gasteiger partial charge in [0.15, 0.2) is 0 Å². The highest BCUT2D eigenvalue weighted by Gasteiger charge is 2.33. The van der Waals surface area contributed by atoms with Crippen molar-refractivity contribution in [3.63, 3.8) is 0 Å². The second-order valence-corrected chi connectivity index (χ2v) is 6.31. The van der Waals surface area contributed by atoms with Gasteiger partial charge in [-0.05, 0) is 39.3 Å². The molecular formula is C14H24N4O2. The van der Waals surface area contributed by atoms with Crippen molar-refractivity contribution in [1.82, 2.24) is 20.0 Å². The van der Waals surface area contributed by atoms with E-state index >= 15 is 0 Å². The van der Waals surface area contributed by atoms with Crippen LogP contribution < -0.4 is 5.32 Å². The van der Waals surface area contributed by atoms with E-state index in [2.05, 4.69) is 10.4 Å². The van der Waals surface area contributed by atoms with Gasteiger partial charge in [0.2, 0.25) is 0 Å². The summed E-state index contributed by atoms with van der Waals surface area (Å²) in [5.41, 5.74) is 0.805. The number of rotatable bonds is 4. The molecular weight excluding hydrogens is 256 g/mol. The maximum atomic E-state index is 11.7. The number of likely N-dealkylation sites (tertiary alicyclic amines) is 1. The number of carbonyl (C=O) groups is 1. The van der Waals surface area contributed by atoms with Gasteiger partial charge in [-0.1, -0.05) is 0 Å². The first-order chi connectivity index (χ1) is 9.33. The quantitative estimate of drug-likeness (QED) is 0.899. The fourth-order valence-electron chi connectivity index (χ4n) is 2.10. The SMILES string of the molecule is Cn1cc(CCNC2CN(C(=O)OC(C)(C)C)C2)cn1. The van der Waals surface area contributed by atoms with Crippen LogP contribution in [0.3, 0.4) is 0 Å². The van der Waals surface area contributed by atoms with E-state index in [4.69, 9.17) is 4.74 Å². The molecule has 1 aliphatic rings. The highest BCUT2D eigenvalue weighted by atomic mass is 16.6. The summed E-state index contributed by atoms with van der Waals surface area (Å²) in [4.78, 5) is 13.5. The summed E-state index contributed by atoms with van der Waals surface area (Å²) in [6.45, 7) is 8.00. The molecule has 1 aromatic heterocycles. The van der Waals surface area contributed by atoms with Crippen molar-refractivity contribution in [3.8, 4) is 0 Å². The van der Waals surface area contributed by atoms with E-state index in [0.717, 1.165) is 26.1 Å². The van der Waals surface area contributed by atoms with E-state index in [0.29, 0.717) is 6.04 Å². The summed E-state index contributed by atoms with van der Waals surface area (Å²) in [5, 5.41) is 7.58. The predicted octanol–water partition coefficient (Wildman–Crippen LogP) is 1.17. The Kier molecular flexibility index (Phi) is 4.32. The van der Waals surface area contributed by atoms with Gasteiger partial charge in [-0.3, -0.25) is 4.68 Å². The summed E-state index contributed by atoms with van der Waals surface area (Å²) in [6, 6.07) is 0.374. The maximum Gasteiger partial charge on any atom is 0.410 e. The van der Waals surface area contributed by atoms with E-state index < -0.39 is 5.60 Å². The Morgan fingerprint density at radius 1 is 1.50 bits per heavy atom. The van der Waals surface area contributed by atoms with Crippen LogP contribution in [0.15, 0.2) is 12.4 Å². The lowest BCUT2D eigenvalue weighted by Crippen LogP contribution is -2.60. The largest absolute Gasteiger partial charge is 0.444 e. The minimum Gasteiger partial charge on any atom is -0.444 e. The van der Waals surface area contributed by atoms with Gasteiger partial charge in [0, 0.05) is 32.4 Å². The van der Waals surface area contributed by atoms with Gasteiger partial charge < -0.3 is 15.0 Å². The number of ether oxygens (including phenoxy) is 1. The van der Waals surface area contributed by atoms with Crippen LogP contribution in [0.1, 0.15) is 26.3 Å². The van der Waals surface area contributed by atoms with Gasteiger partial charge in [-0.25, -0.2) is 4.79 Å². The van der Waals surface area contributed by atoms with Gasteiger partial charge in [-0.15, -0.1) is 0 Å². The molecule has 1 fully saturated rings. The van der Waals surface area contributed by atoms with Crippen LogP contribution in [0, 0.1) is 0 Å². The summed E-state index contributed by atoms with van der Waals surface area (Å²) in [5.74, 6) is 0. The third-order valence-electron chi connectivity index (χ3n) is 3.14. The average molecular weight is 280 g/mol. The number of nitrogens with one attached hydrogen (secondary N) is 1. The Bertz CT molecular complexity index is 458. The average Bonchev–Trinajstić information content (AvgIpc) is 2.64. The molecule has 0 spiro atoms. The number of hydrogen-bond acceptors (Lipinski definition) is 4. The molecule has 20 heavy (non-hydrogen) atoms. The second kappa shape index (κ2) is 5.83. The third kappa shape index (κ3) is 4.23. The van der Waals surface area contributed by atoms with E-state index in [1.54, 1.807) is 4.90 Å². The van der Waals surface area contributed by atoms with Crippen molar-refractivity contribution in [2.45, 2.75) is 38.8 Å². The van der Waals surface area contributed by atoms with Crippen molar-refractivity contribution in [2.75, 3.05) is 19.6 Å². The zero-order valence-corrected chi connectivity index (χ0v) is 12.7. The fourth-order valence-corrected chi connectivity index (χ4v) is 2.10. The molecule has 0 saturated carbocycles. The molecule has 6 nitrogen and oxygen atoms in total. The van der Waals surface area contributed by atoms with Crippen molar-refractivity contribution >= 4 is 6.09 Å². The molecule has 0 atom stereocenters. The summed E-state index contributed by atoms with van der Waals surface area (Å²) >= 11 is 0. The molecule has 0 aliphatic carbocycles. The topological polar surface area (TPSA) is 59.4 Å². The van der Waals surface area contributed by atoms with Gasteiger partial charge in [0.1, 0.15) is 5.60 Å². The molecule has 1 aliphatic heterocycles. The lowest BCUT2D eigenvalue weighted by molar-refractivity contribution is 0.00542. The molecule has 6 heteroatoms. The minimum absolute atomic E-state index is 0.220. The van der Waals surface area contributed by atoms with Crippen LogP contribution in [-0.2, 0) is 18.2 Å². The number of aromatic nitrogens is 2. The minimum atomic E-state index is -0.421. The van der Waals surface area contributed by atoms with Crippen LogP contribution in [0.2, 0.25) is 0 Å². The van der Waals surface area contributed by atoms with Crippen LogP contribution in [0.5, 0.6) is 0 Å². The number of hydrogen-bond donors (Lipinski definition) is 1. The Hall–Kier alpha value is -1.56. The molecule has 0 unspecified atom stereocenters. The third-order valence-corrected chi connectivity index (χ3v) is 3.14. The summed E-state index contributed by atoms with van der Waals surface area (Å²) in [6.07, 6.45) is 4.64. The molecule has 2 heterocycles. The highest BCUT2D eigenvalue weighted by Crippen LogP contribution is 2.15. The Labute approximate surface area is 120 Å². The molecule has 0 aromatic carbocycles. The molecule has 1 N–H and O–H groups in total. The second-order valence-electron chi connectivity index (χ2n) is 6.31. The number of carbonyl (C=O) groups excluding carboxylic acids is 1. The monoisotopic (exact) mass is 280 g/mol. The van der Waals surface area contributed by atoms with Gasteiger partial charge in [-0.2, -0.15) is 5.10 Å². The van der Waals surface area contributed by atoms with Gasteiger partial charge >= 0.3 is 6.09 Å². The number of amides is 1. The first-order valence-corrected chi connectivity index (χ1v) is 7.02. The van der Waals surface area contributed by atoms with Crippen molar-refractivity contribution < 1.29 is 9.53 Å².